The van der Waals surface area contributed by atoms with Gasteiger partial charge >= 0.3 is 0 Å². The fraction of sp³-hybridized carbons (Fsp3) is 0.667. The molecule has 2 heteroatoms. The Morgan fingerprint density at radius 1 is 1.10 bits per heavy atom. The molecule has 0 radical (unpaired) electrons. The van der Waals surface area contributed by atoms with Crippen molar-refractivity contribution in [3.63, 3.8) is 0 Å². The second kappa shape index (κ2) is 6.01. The zero-order valence-corrected chi connectivity index (χ0v) is 14.4. The summed E-state index contributed by atoms with van der Waals surface area (Å²) in [4.78, 5) is 1.39. The second-order valence-corrected chi connectivity index (χ2v) is 8.99. The highest BCUT2D eigenvalue weighted by molar-refractivity contribution is 7.99. The van der Waals surface area contributed by atoms with Crippen LogP contribution in [0.2, 0.25) is 0 Å². The summed E-state index contributed by atoms with van der Waals surface area (Å²) in [5.41, 5.74) is 2.19. The number of para-hydroxylation sites is 1. The largest absolute Gasteiger partial charge is 0.381 e. The van der Waals surface area contributed by atoms with Crippen LogP contribution >= 0.6 is 11.8 Å². The summed E-state index contributed by atoms with van der Waals surface area (Å²) in [6.07, 6.45) is 3.85. The first-order chi connectivity index (χ1) is 9.31. The molecule has 0 aliphatic heterocycles. The normalized spacial score (nSPS) is 21.6. The average molecular weight is 292 g/mol. The predicted molar refractivity (Wildman–Crippen MR) is 91.7 cm³/mol. The van der Waals surface area contributed by atoms with E-state index in [2.05, 4.69) is 64.2 Å². The quantitative estimate of drug-likeness (QED) is 0.702. The molecule has 112 valence electrons. The first kappa shape index (κ1) is 15.8. The smallest absolute Gasteiger partial charge is 0.0480 e. The van der Waals surface area contributed by atoms with Crippen molar-refractivity contribution in [2.75, 3.05) is 11.1 Å². The lowest BCUT2D eigenvalue weighted by Gasteiger charge is -2.45. The van der Waals surface area contributed by atoms with Crippen LogP contribution in [0.1, 0.15) is 53.9 Å². The van der Waals surface area contributed by atoms with Gasteiger partial charge < -0.3 is 5.32 Å². The van der Waals surface area contributed by atoms with Gasteiger partial charge in [-0.15, -0.1) is 11.8 Å². The maximum atomic E-state index is 3.82. The van der Waals surface area contributed by atoms with Crippen LogP contribution in [0.25, 0.3) is 0 Å². The van der Waals surface area contributed by atoms with Crippen LogP contribution < -0.4 is 5.32 Å². The standard InChI is InChI=1S/C18H29NS/c1-6-20-16-10-8-7-9-15(16)19-14-11-17(2,3)13-18(4,5)12-14/h7-10,14,19H,6,11-13H2,1-5H3. The fourth-order valence-electron chi connectivity index (χ4n) is 4.04. The van der Waals surface area contributed by atoms with Crippen LogP contribution in [0.15, 0.2) is 29.2 Å². The lowest BCUT2D eigenvalue weighted by molar-refractivity contribution is 0.105. The molecule has 0 bridgehead atoms. The van der Waals surface area contributed by atoms with E-state index in [4.69, 9.17) is 0 Å². The summed E-state index contributed by atoms with van der Waals surface area (Å²) in [5.74, 6) is 1.13. The Morgan fingerprint density at radius 3 is 2.30 bits per heavy atom. The molecular weight excluding hydrogens is 262 g/mol. The van der Waals surface area contributed by atoms with Crippen molar-refractivity contribution in [1.29, 1.82) is 0 Å². The molecule has 0 unspecified atom stereocenters. The molecule has 1 aromatic rings. The van der Waals surface area contributed by atoms with Gasteiger partial charge in [-0.3, -0.25) is 0 Å². The molecule has 1 aromatic carbocycles. The summed E-state index contributed by atoms with van der Waals surface area (Å²) in [5, 5.41) is 3.82. The van der Waals surface area contributed by atoms with Gasteiger partial charge in [0.1, 0.15) is 0 Å². The number of anilines is 1. The first-order valence-electron chi connectivity index (χ1n) is 7.80. The van der Waals surface area contributed by atoms with Crippen molar-refractivity contribution in [3.05, 3.63) is 24.3 Å². The molecule has 0 saturated heterocycles. The number of nitrogens with one attached hydrogen (secondary N) is 1. The van der Waals surface area contributed by atoms with Crippen LogP contribution in [-0.2, 0) is 0 Å². The van der Waals surface area contributed by atoms with Crippen LogP contribution in [0.5, 0.6) is 0 Å². The van der Waals surface area contributed by atoms with E-state index in [1.54, 1.807) is 0 Å². The fourth-order valence-corrected chi connectivity index (χ4v) is 4.80. The van der Waals surface area contributed by atoms with E-state index in [1.165, 1.54) is 29.8 Å². The van der Waals surface area contributed by atoms with Crippen molar-refractivity contribution in [2.45, 2.75) is 64.8 Å². The lowest BCUT2D eigenvalue weighted by atomic mass is 9.63. The highest BCUT2D eigenvalue weighted by Gasteiger charge is 2.38. The van der Waals surface area contributed by atoms with E-state index < -0.39 is 0 Å². The Balaban J connectivity index is 2.13. The summed E-state index contributed by atoms with van der Waals surface area (Å²) in [6.45, 7) is 11.9. The minimum absolute atomic E-state index is 0.437. The van der Waals surface area contributed by atoms with Gasteiger partial charge in [0.05, 0.1) is 0 Å². The van der Waals surface area contributed by atoms with E-state index >= 15 is 0 Å². The van der Waals surface area contributed by atoms with E-state index in [0.29, 0.717) is 16.9 Å². The Bertz CT molecular complexity index is 434. The number of benzene rings is 1. The van der Waals surface area contributed by atoms with Crippen molar-refractivity contribution in [2.24, 2.45) is 10.8 Å². The Hall–Kier alpha value is -0.630. The van der Waals surface area contributed by atoms with E-state index in [-0.39, 0.29) is 0 Å². The summed E-state index contributed by atoms with van der Waals surface area (Å²) >= 11 is 1.93. The monoisotopic (exact) mass is 291 g/mol. The number of hydrogen-bond acceptors (Lipinski definition) is 2. The molecule has 1 aliphatic rings. The highest BCUT2D eigenvalue weighted by Crippen LogP contribution is 2.46. The van der Waals surface area contributed by atoms with Gasteiger partial charge in [0.2, 0.25) is 0 Å². The molecule has 0 atom stereocenters. The second-order valence-electron chi connectivity index (χ2n) is 7.68. The Labute approximate surface area is 128 Å². The maximum absolute atomic E-state index is 3.82. The molecule has 1 saturated carbocycles. The molecule has 20 heavy (non-hydrogen) atoms. The van der Waals surface area contributed by atoms with Gasteiger partial charge in [0.15, 0.2) is 0 Å². The van der Waals surface area contributed by atoms with Gasteiger partial charge in [-0.05, 0) is 48.0 Å². The number of thioether (sulfide) groups is 1. The Morgan fingerprint density at radius 2 is 1.70 bits per heavy atom. The highest BCUT2D eigenvalue weighted by atomic mass is 32.2. The molecule has 2 rings (SSSR count). The van der Waals surface area contributed by atoms with E-state index in [0.717, 1.165) is 5.75 Å². The van der Waals surface area contributed by atoms with E-state index in [9.17, 15) is 0 Å². The van der Waals surface area contributed by atoms with Gasteiger partial charge in [0, 0.05) is 16.6 Å². The van der Waals surface area contributed by atoms with Crippen molar-refractivity contribution < 1.29 is 0 Å². The van der Waals surface area contributed by atoms with Gasteiger partial charge in [-0.25, -0.2) is 0 Å². The van der Waals surface area contributed by atoms with Crippen molar-refractivity contribution >= 4 is 17.4 Å². The van der Waals surface area contributed by atoms with Crippen LogP contribution in [0.4, 0.5) is 5.69 Å². The zero-order valence-electron chi connectivity index (χ0n) is 13.6. The topological polar surface area (TPSA) is 12.0 Å². The van der Waals surface area contributed by atoms with Gasteiger partial charge in [-0.2, -0.15) is 0 Å². The van der Waals surface area contributed by atoms with E-state index in [1.807, 2.05) is 11.8 Å². The number of rotatable bonds is 4. The zero-order chi connectivity index (χ0) is 14.8. The molecule has 1 fully saturated rings. The first-order valence-corrected chi connectivity index (χ1v) is 8.78. The van der Waals surface area contributed by atoms with Gasteiger partial charge in [0.25, 0.3) is 0 Å². The lowest BCUT2D eigenvalue weighted by Crippen LogP contribution is -2.40. The maximum Gasteiger partial charge on any atom is 0.0480 e. The average Bonchev–Trinajstić information content (AvgIpc) is 2.27. The molecule has 1 N–H and O–H groups in total. The molecule has 0 spiro atoms. The molecule has 1 nitrogen and oxygen atoms in total. The van der Waals surface area contributed by atoms with Crippen LogP contribution in [0.3, 0.4) is 0 Å². The third-order valence-electron chi connectivity index (χ3n) is 4.10. The SMILES string of the molecule is CCSc1ccccc1NC1CC(C)(C)CC(C)(C)C1. The molecule has 0 aromatic heterocycles. The third-order valence-corrected chi connectivity index (χ3v) is 5.06. The molecular formula is C18H29NS. The summed E-state index contributed by atoms with van der Waals surface area (Å²) in [6, 6.07) is 9.33. The minimum Gasteiger partial charge on any atom is -0.381 e. The van der Waals surface area contributed by atoms with Crippen molar-refractivity contribution in [1.82, 2.24) is 0 Å². The van der Waals surface area contributed by atoms with Crippen molar-refractivity contribution in [3.8, 4) is 0 Å². The summed E-state index contributed by atoms with van der Waals surface area (Å²) < 4.78 is 0. The Kier molecular flexibility index (Phi) is 4.73. The van der Waals surface area contributed by atoms with Crippen LogP contribution in [0, 0.1) is 10.8 Å². The van der Waals surface area contributed by atoms with Crippen LogP contribution in [-0.4, -0.2) is 11.8 Å². The molecule has 1 aliphatic carbocycles. The third kappa shape index (κ3) is 4.18. The molecule has 0 amide bonds. The molecule has 0 heterocycles. The number of hydrogen-bond donors (Lipinski definition) is 1. The summed E-state index contributed by atoms with van der Waals surface area (Å²) in [7, 11) is 0. The minimum atomic E-state index is 0.437. The predicted octanol–water partition coefficient (Wildman–Crippen LogP) is 5.82. The van der Waals surface area contributed by atoms with Gasteiger partial charge in [-0.1, -0.05) is 46.8 Å².